The second-order valence-corrected chi connectivity index (χ2v) is 6.15. The van der Waals surface area contributed by atoms with Gasteiger partial charge in [0.15, 0.2) is 5.82 Å². The summed E-state index contributed by atoms with van der Waals surface area (Å²) in [7, 11) is 0. The molecule has 1 unspecified atom stereocenters. The summed E-state index contributed by atoms with van der Waals surface area (Å²) in [5.74, 6) is 1.84. The Hall–Kier alpha value is -1.57. The first-order chi connectivity index (χ1) is 10.1. The molecule has 116 valence electrons. The highest BCUT2D eigenvalue weighted by Gasteiger charge is 2.28. The molecule has 1 aromatic heterocycles. The van der Waals surface area contributed by atoms with Crippen LogP contribution in [0.5, 0.6) is 0 Å². The molecule has 1 aliphatic rings. The van der Waals surface area contributed by atoms with Crippen molar-refractivity contribution in [1.29, 1.82) is 0 Å². The molecule has 0 radical (unpaired) electrons. The Morgan fingerprint density at radius 3 is 3.00 bits per heavy atom. The van der Waals surface area contributed by atoms with E-state index in [1.807, 2.05) is 0 Å². The van der Waals surface area contributed by atoms with Crippen LogP contribution in [0.15, 0.2) is 4.52 Å². The van der Waals surface area contributed by atoms with E-state index in [9.17, 15) is 9.59 Å². The van der Waals surface area contributed by atoms with Gasteiger partial charge in [-0.3, -0.25) is 9.59 Å². The zero-order valence-corrected chi connectivity index (χ0v) is 12.8. The third-order valence-electron chi connectivity index (χ3n) is 3.31. The Morgan fingerprint density at radius 2 is 2.33 bits per heavy atom. The number of aromatic nitrogens is 2. The van der Waals surface area contributed by atoms with Gasteiger partial charge in [0.1, 0.15) is 0 Å². The van der Waals surface area contributed by atoms with Gasteiger partial charge in [0.25, 0.3) is 0 Å². The van der Waals surface area contributed by atoms with Gasteiger partial charge in [-0.25, -0.2) is 0 Å². The first-order valence-corrected chi connectivity index (χ1v) is 8.10. The van der Waals surface area contributed by atoms with Crippen molar-refractivity contribution in [2.45, 2.75) is 38.6 Å². The second kappa shape index (κ2) is 7.44. The van der Waals surface area contributed by atoms with E-state index in [2.05, 4.69) is 10.1 Å². The van der Waals surface area contributed by atoms with E-state index in [0.717, 1.165) is 5.75 Å². The zero-order valence-electron chi connectivity index (χ0n) is 11.9. The third-order valence-corrected chi connectivity index (χ3v) is 4.40. The number of nitrogens with zero attached hydrogens (tertiary/aromatic N) is 3. The average Bonchev–Trinajstić information content (AvgIpc) is 2.84. The van der Waals surface area contributed by atoms with Crippen LogP contribution < -0.4 is 0 Å². The summed E-state index contributed by atoms with van der Waals surface area (Å²) in [5.41, 5.74) is 0. The Labute approximate surface area is 127 Å². The van der Waals surface area contributed by atoms with E-state index in [1.54, 1.807) is 23.6 Å². The molecule has 0 aromatic carbocycles. The lowest BCUT2D eigenvalue weighted by Crippen LogP contribution is -2.47. The molecule has 8 heteroatoms. The normalized spacial score (nSPS) is 18.7. The number of carbonyl (C=O) groups is 2. The van der Waals surface area contributed by atoms with E-state index in [1.165, 1.54) is 0 Å². The smallest absolute Gasteiger partial charge is 0.305 e. The highest BCUT2D eigenvalue weighted by molar-refractivity contribution is 7.99. The van der Waals surface area contributed by atoms with Crippen LogP contribution in [0.4, 0.5) is 0 Å². The highest BCUT2D eigenvalue weighted by Crippen LogP contribution is 2.20. The fourth-order valence-corrected chi connectivity index (χ4v) is 3.39. The Morgan fingerprint density at radius 1 is 1.52 bits per heavy atom. The number of amides is 1. The first-order valence-electron chi connectivity index (χ1n) is 6.94. The van der Waals surface area contributed by atoms with Crippen LogP contribution in [-0.4, -0.2) is 56.1 Å². The molecule has 0 aliphatic carbocycles. The molecule has 1 fully saturated rings. The summed E-state index contributed by atoms with van der Waals surface area (Å²) in [6.07, 6.45) is 1.59. The highest BCUT2D eigenvalue weighted by atomic mass is 32.2. The van der Waals surface area contributed by atoms with Crippen molar-refractivity contribution >= 4 is 23.6 Å². The van der Waals surface area contributed by atoms with Crippen molar-refractivity contribution in [2.75, 3.05) is 18.1 Å². The second-order valence-electron chi connectivity index (χ2n) is 5.00. The molecule has 1 aromatic rings. The van der Waals surface area contributed by atoms with Crippen molar-refractivity contribution in [3.63, 3.8) is 0 Å². The number of hydrogen-bond donors (Lipinski definition) is 1. The molecule has 1 aliphatic heterocycles. The molecule has 1 saturated heterocycles. The van der Waals surface area contributed by atoms with Gasteiger partial charge in [-0.15, -0.1) is 0 Å². The zero-order chi connectivity index (χ0) is 15.2. The largest absolute Gasteiger partial charge is 0.481 e. The van der Waals surface area contributed by atoms with E-state index in [4.69, 9.17) is 9.63 Å². The van der Waals surface area contributed by atoms with Crippen molar-refractivity contribution in [1.82, 2.24) is 15.0 Å². The van der Waals surface area contributed by atoms with Gasteiger partial charge in [-0.2, -0.15) is 16.7 Å². The van der Waals surface area contributed by atoms with Crippen molar-refractivity contribution in [3.05, 3.63) is 11.7 Å². The number of aryl methyl sites for hydroxylation is 2. The number of carbonyl (C=O) groups excluding carboxylic acids is 1. The third kappa shape index (κ3) is 4.73. The molecule has 1 N–H and O–H groups in total. The SMILES string of the molecule is Cc1noc(CCCC(=O)N2CCSCC2CC(=O)O)n1. The van der Waals surface area contributed by atoms with Gasteiger partial charge in [0.2, 0.25) is 11.8 Å². The monoisotopic (exact) mass is 313 g/mol. The number of aliphatic carboxylic acids is 1. The molecule has 7 nitrogen and oxygen atoms in total. The fourth-order valence-electron chi connectivity index (χ4n) is 2.33. The summed E-state index contributed by atoms with van der Waals surface area (Å²) >= 11 is 1.70. The maximum atomic E-state index is 12.2. The maximum Gasteiger partial charge on any atom is 0.305 e. The van der Waals surface area contributed by atoms with Gasteiger partial charge < -0.3 is 14.5 Å². The number of hydrogen-bond acceptors (Lipinski definition) is 6. The van der Waals surface area contributed by atoms with Gasteiger partial charge >= 0.3 is 5.97 Å². The maximum absolute atomic E-state index is 12.2. The van der Waals surface area contributed by atoms with Crippen LogP contribution in [0.1, 0.15) is 31.0 Å². The minimum absolute atomic E-state index is 0.0118. The van der Waals surface area contributed by atoms with E-state index in [-0.39, 0.29) is 18.4 Å². The molecular weight excluding hydrogens is 294 g/mol. The summed E-state index contributed by atoms with van der Waals surface area (Å²) in [4.78, 5) is 28.9. The topological polar surface area (TPSA) is 96.5 Å². The molecule has 2 heterocycles. The minimum Gasteiger partial charge on any atom is -0.481 e. The molecule has 1 atom stereocenters. The number of carboxylic acids is 1. The fraction of sp³-hybridized carbons (Fsp3) is 0.692. The number of rotatable bonds is 6. The van der Waals surface area contributed by atoms with Crippen LogP contribution in [0.2, 0.25) is 0 Å². The predicted octanol–water partition coefficient (Wildman–Crippen LogP) is 1.12. The standard InChI is InChI=1S/C13H19N3O4S/c1-9-14-11(20-15-9)3-2-4-12(17)16-5-6-21-8-10(16)7-13(18)19/h10H,2-8H2,1H3,(H,18,19). The van der Waals surface area contributed by atoms with E-state index in [0.29, 0.717) is 43.3 Å². The Kier molecular flexibility index (Phi) is 5.60. The Balaban J connectivity index is 1.81. The van der Waals surface area contributed by atoms with Crippen LogP contribution >= 0.6 is 11.8 Å². The lowest BCUT2D eigenvalue weighted by atomic mass is 10.1. The van der Waals surface area contributed by atoms with Gasteiger partial charge in [0, 0.05) is 30.9 Å². The first kappa shape index (κ1) is 15.8. The van der Waals surface area contributed by atoms with E-state index >= 15 is 0 Å². The molecule has 0 saturated carbocycles. The van der Waals surface area contributed by atoms with Crippen molar-refractivity contribution in [2.24, 2.45) is 0 Å². The lowest BCUT2D eigenvalue weighted by Gasteiger charge is -2.34. The van der Waals surface area contributed by atoms with Crippen molar-refractivity contribution < 1.29 is 19.2 Å². The molecule has 0 spiro atoms. The predicted molar refractivity (Wildman–Crippen MR) is 77.1 cm³/mol. The Bertz CT molecular complexity index is 505. The summed E-state index contributed by atoms with van der Waals surface area (Å²) in [6.45, 7) is 2.38. The van der Waals surface area contributed by atoms with Crippen LogP contribution in [0.25, 0.3) is 0 Å². The number of carboxylic acid groups (broad SMARTS) is 1. The minimum atomic E-state index is -0.860. The van der Waals surface area contributed by atoms with Crippen LogP contribution in [0.3, 0.4) is 0 Å². The number of thioether (sulfide) groups is 1. The van der Waals surface area contributed by atoms with E-state index < -0.39 is 5.97 Å². The molecule has 2 rings (SSSR count). The lowest BCUT2D eigenvalue weighted by molar-refractivity contribution is -0.140. The molecule has 21 heavy (non-hydrogen) atoms. The van der Waals surface area contributed by atoms with Gasteiger partial charge in [0.05, 0.1) is 12.5 Å². The van der Waals surface area contributed by atoms with Gasteiger partial charge in [-0.05, 0) is 13.3 Å². The average molecular weight is 313 g/mol. The molecular formula is C13H19N3O4S. The molecule has 1 amide bonds. The molecule has 0 bridgehead atoms. The summed E-state index contributed by atoms with van der Waals surface area (Å²) < 4.78 is 5.00. The van der Waals surface area contributed by atoms with Crippen LogP contribution in [0, 0.1) is 6.92 Å². The van der Waals surface area contributed by atoms with Crippen molar-refractivity contribution in [3.8, 4) is 0 Å². The quantitative estimate of drug-likeness (QED) is 0.840. The van der Waals surface area contributed by atoms with Crippen LogP contribution in [-0.2, 0) is 16.0 Å². The van der Waals surface area contributed by atoms with Gasteiger partial charge in [-0.1, -0.05) is 5.16 Å². The summed E-state index contributed by atoms with van der Waals surface area (Å²) in [6, 6.07) is -0.195. The summed E-state index contributed by atoms with van der Waals surface area (Å²) in [5, 5.41) is 12.6.